The van der Waals surface area contributed by atoms with Crippen molar-refractivity contribution in [3.05, 3.63) is 0 Å². The Morgan fingerprint density at radius 1 is 0.324 bits per heavy atom. The minimum absolute atomic E-state index is 0.813. The molecule has 0 amide bonds. The predicted octanol–water partition coefficient (Wildman–Crippen LogP) is 10.6. The van der Waals surface area contributed by atoms with Crippen LogP contribution in [0, 0.1) is 0 Å². The molecule has 0 saturated carbocycles. The molecule has 0 aliphatic heterocycles. The van der Waals surface area contributed by atoms with Crippen LogP contribution in [0.1, 0.15) is 169 Å². The minimum Gasteiger partial charge on any atom is -0.373 e. The summed E-state index contributed by atoms with van der Waals surface area (Å²) in [5.41, 5.74) is 0. The third-order valence-corrected chi connectivity index (χ3v) is 9.69. The molecule has 0 spiro atoms. The van der Waals surface area contributed by atoms with Gasteiger partial charge in [0.15, 0.2) is 0 Å². The highest BCUT2D eigenvalue weighted by Gasteiger charge is 2.40. The second-order valence-electron chi connectivity index (χ2n) is 10.3. The van der Waals surface area contributed by atoms with Crippen LogP contribution in [0.2, 0.25) is 6.04 Å². The van der Waals surface area contributed by atoms with E-state index in [2.05, 4.69) is 27.7 Å². The lowest BCUT2D eigenvalue weighted by Crippen LogP contribution is -2.46. The molecule has 0 aliphatic rings. The van der Waals surface area contributed by atoms with Crippen molar-refractivity contribution in [1.29, 1.82) is 0 Å². The zero-order valence-electron chi connectivity index (χ0n) is 24.1. The summed E-state index contributed by atoms with van der Waals surface area (Å²) in [6.45, 7) is 11.5. The van der Waals surface area contributed by atoms with Crippen LogP contribution >= 0.6 is 0 Å². The Balaban J connectivity index is 4.59. The first kappa shape index (κ1) is 34.1. The molecule has 0 saturated heterocycles. The smallest absolute Gasteiger partial charge is 0.373 e. The molecule has 0 aromatic rings. The van der Waals surface area contributed by atoms with Crippen molar-refractivity contribution in [1.82, 2.24) is 0 Å². The van der Waals surface area contributed by atoms with E-state index < -0.39 is 8.80 Å². The third-order valence-electron chi connectivity index (χ3n) is 6.80. The minimum atomic E-state index is -2.57. The molecule has 0 heterocycles. The Morgan fingerprint density at radius 3 is 0.912 bits per heavy atom. The summed E-state index contributed by atoms with van der Waals surface area (Å²) in [6, 6.07) is 1.01. The number of hydrogen-bond donors (Lipinski definition) is 0. The van der Waals surface area contributed by atoms with Crippen molar-refractivity contribution in [2.24, 2.45) is 0 Å². The van der Waals surface area contributed by atoms with Crippen LogP contribution in [0.3, 0.4) is 0 Å². The average Bonchev–Trinajstić information content (AvgIpc) is 2.84. The van der Waals surface area contributed by atoms with E-state index in [1.54, 1.807) is 0 Å². The molecule has 0 fully saturated rings. The SMILES string of the molecule is CCCCCCCCCCCC[Si](OCCCCCC)(OCCCCCC)OCCCCCC. The van der Waals surface area contributed by atoms with Gasteiger partial charge in [0.25, 0.3) is 0 Å². The van der Waals surface area contributed by atoms with Crippen molar-refractivity contribution < 1.29 is 13.3 Å². The van der Waals surface area contributed by atoms with Crippen molar-refractivity contribution >= 4 is 8.80 Å². The van der Waals surface area contributed by atoms with E-state index in [4.69, 9.17) is 13.3 Å². The summed E-state index contributed by atoms with van der Waals surface area (Å²) >= 11 is 0. The molecule has 0 atom stereocenters. The predicted molar refractivity (Wildman–Crippen MR) is 153 cm³/mol. The zero-order valence-corrected chi connectivity index (χ0v) is 25.1. The monoisotopic (exact) mass is 500 g/mol. The van der Waals surface area contributed by atoms with Gasteiger partial charge in [0.2, 0.25) is 0 Å². The molecule has 0 rings (SSSR count). The molecule has 3 nitrogen and oxygen atoms in total. The van der Waals surface area contributed by atoms with Crippen LogP contribution in [0.15, 0.2) is 0 Å². The lowest BCUT2D eigenvalue weighted by atomic mass is 10.1. The average molecular weight is 501 g/mol. The van der Waals surface area contributed by atoms with Crippen LogP contribution in [-0.4, -0.2) is 28.6 Å². The molecule has 0 unspecified atom stereocenters. The Kier molecular flexibility index (Phi) is 27.8. The molecule has 206 valence electrons. The standard InChI is InChI=1S/C30H64O3Si/c1-5-9-13-17-18-19-20-21-22-26-30-34(31-27-23-14-10-6-2,32-28-24-15-11-7-3)33-29-25-16-12-8-4/h5-30H2,1-4H3. The fourth-order valence-electron chi connectivity index (χ4n) is 4.44. The fourth-order valence-corrected chi connectivity index (χ4v) is 7.17. The van der Waals surface area contributed by atoms with Gasteiger partial charge in [0.1, 0.15) is 0 Å². The molecule has 0 aliphatic carbocycles. The molecule has 0 bridgehead atoms. The van der Waals surface area contributed by atoms with Crippen molar-refractivity contribution in [2.45, 2.75) is 175 Å². The van der Waals surface area contributed by atoms with Crippen molar-refractivity contribution in [2.75, 3.05) is 19.8 Å². The van der Waals surface area contributed by atoms with Gasteiger partial charge >= 0.3 is 8.80 Å². The summed E-state index contributed by atoms with van der Waals surface area (Å²) < 4.78 is 19.7. The van der Waals surface area contributed by atoms with Gasteiger partial charge in [0.05, 0.1) is 0 Å². The lowest BCUT2D eigenvalue weighted by Gasteiger charge is -2.30. The molecule has 4 heteroatoms. The van der Waals surface area contributed by atoms with Crippen LogP contribution in [0.4, 0.5) is 0 Å². The molecule has 0 radical (unpaired) electrons. The van der Waals surface area contributed by atoms with E-state index in [-0.39, 0.29) is 0 Å². The van der Waals surface area contributed by atoms with Gasteiger partial charge in [-0.3, -0.25) is 0 Å². The topological polar surface area (TPSA) is 27.7 Å². The van der Waals surface area contributed by atoms with Gasteiger partial charge in [0, 0.05) is 25.9 Å². The second kappa shape index (κ2) is 27.7. The summed E-state index contributed by atoms with van der Waals surface area (Å²) in [5, 5.41) is 0. The number of rotatable bonds is 29. The summed E-state index contributed by atoms with van der Waals surface area (Å²) in [4.78, 5) is 0. The Bertz CT molecular complexity index is 342. The van der Waals surface area contributed by atoms with Crippen LogP contribution in [0.5, 0.6) is 0 Å². The van der Waals surface area contributed by atoms with Crippen molar-refractivity contribution in [3.8, 4) is 0 Å². The van der Waals surface area contributed by atoms with Gasteiger partial charge < -0.3 is 13.3 Å². The van der Waals surface area contributed by atoms with Crippen LogP contribution < -0.4 is 0 Å². The summed E-state index contributed by atoms with van der Waals surface area (Å²) in [7, 11) is -2.57. The van der Waals surface area contributed by atoms with Gasteiger partial charge in [-0.25, -0.2) is 0 Å². The first-order chi connectivity index (χ1) is 16.7. The van der Waals surface area contributed by atoms with Gasteiger partial charge in [-0.05, 0) is 25.7 Å². The number of unbranched alkanes of at least 4 members (excludes halogenated alkanes) is 18. The molecular formula is C30H64O3Si. The van der Waals surface area contributed by atoms with E-state index >= 15 is 0 Å². The maximum Gasteiger partial charge on any atom is 0.500 e. The fraction of sp³-hybridized carbons (Fsp3) is 1.00. The quantitative estimate of drug-likeness (QED) is 0.0754. The maximum absolute atomic E-state index is 6.57. The van der Waals surface area contributed by atoms with E-state index in [0.717, 1.165) is 45.1 Å². The first-order valence-corrected chi connectivity index (χ1v) is 17.6. The van der Waals surface area contributed by atoms with E-state index in [9.17, 15) is 0 Å². The van der Waals surface area contributed by atoms with E-state index in [1.807, 2.05) is 0 Å². The molecule has 0 aromatic heterocycles. The second-order valence-corrected chi connectivity index (χ2v) is 13.1. The largest absolute Gasteiger partial charge is 0.500 e. The maximum atomic E-state index is 6.57. The molecule has 34 heavy (non-hydrogen) atoms. The zero-order chi connectivity index (χ0) is 25.0. The van der Waals surface area contributed by atoms with E-state index in [0.29, 0.717) is 0 Å². The van der Waals surface area contributed by atoms with Gasteiger partial charge in [-0.2, -0.15) is 0 Å². The van der Waals surface area contributed by atoms with Crippen LogP contribution in [-0.2, 0) is 13.3 Å². The molecule has 0 aromatic carbocycles. The highest BCUT2D eigenvalue weighted by Crippen LogP contribution is 2.23. The van der Waals surface area contributed by atoms with Gasteiger partial charge in [-0.1, -0.05) is 143 Å². The number of hydrogen-bond acceptors (Lipinski definition) is 3. The Morgan fingerprint density at radius 2 is 0.588 bits per heavy atom. The lowest BCUT2D eigenvalue weighted by molar-refractivity contribution is 0.0546. The molecular weight excluding hydrogens is 436 g/mol. The highest BCUT2D eigenvalue weighted by atomic mass is 28.4. The summed E-state index contributed by atoms with van der Waals surface area (Å²) in [6.07, 6.45) is 28.5. The van der Waals surface area contributed by atoms with Crippen molar-refractivity contribution in [3.63, 3.8) is 0 Å². The molecule has 0 N–H and O–H groups in total. The van der Waals surface area contributed by atoms with Gasteiger partial charge in [-0.15, -0.1) is 0 Å². The van der Waals surface area contributed by atoms with E-state index in [1.165, 1.54) is 122 Å². The van der Waals surface area contributed by atoms with Crippen LogP contribution in [0.25, 0.3) is 0 Å². The Hall–Kier alpha value is 0.0969. The summed E-state index contributed by atoms with van der Waals surface area (Å²) in [5.74, 6) is 0. The third kappa shape index (κ3) is 22.6. The highest BCUT2D eigenvalue weighted by molar-refractivity contribution is 6.60. The normalized spacial score (nSPS) is 12.0. The Labute approximate surface area is 216 Å². The first-order valence-electron chi connectivity index (χ1n) is 15.7.